The number of methoxy groups -OCH3 is 1. The predicted molar refractivity (Wildman–Crippen MR) is 88.1 cm³/mol. The van der Waals surface area contributed by atoms with E-state index in [0.29, 0.717) is 25.2 Å². The van der Waals surface area contributed by atoms with Crippen LogP contribution in [0.25, 0.3) is 0 Å². The van der Waals surface area contributed by atoms with Gasteiger partial charge in [0.25, 0.3) is 0 Å². The zero-order chi connectivity index (χ0) is 20.2. The van der Waals surface area contributed by atoms with Crippen LogP contribution in [0.2, 0.25) is 0 Å². The number of hydrogen-bond acceptors (Lipinski definition) is 6. The second kappa shape index (κ2) is 6.05. The Morgan fingerprint density at radius 3 is 2.57 bits per heavy atom. The molecule has 1 aromatic heterocycles. The lowest BCUT2D eigenvalue weighted by Crippen LogP contribution is -2.68. The van der Waals surface area contributed by atoms with Crippen LogP contribution in [0, 0.1) is 5.41 Å². The molecule has 0 aliphatic heterocycles. The molecule has 2 aromatic rings. The molecule has 7 nitrogen and oxygen atoms in total. The minimum atomic E-state index is -4.58. The van der Waals surface area contributed by atoms with Crippen LogP contribution in [0.4, 0.5) is 18.9 Å². The highest BCUT2D eigenvalue weighted by Gasteiger charge is 2.75. The summed E-state index contributed by atoms with van der Waals surface area (Å²) in [4.78, 5) is 28.1. The van der Waals surface area contributed by atoms with Gasteiger partial charge in [0, 0.05) is 0 Å². The molecular weight excluding hydrogens is 379 g/mol. The standard InChI is InChI=1S/C18H16F3N3O4/c1-27-15(26)17-7-16(8-17,9-17)14-23-12(24-28-14)6-13(25)22-11-5-3-2-4-10(11)18(19,20)21/h2-5H,6-9H2,1H3,(H,22,25). The molecule has 5 rings (SSSR count). The highest BCUT2D eigenvalue weighted by atomic mass is 19.4. The smallest absolute Gasteiger partial charge is 0.418 e. The SMILES string of the molecule is COC(=O)C12CC(c3nc(CC(=O)Nc4ccccc4C(F)(F)F)no3)(C1)C2. The molecule has 1 amide bonds. The fraction of sp³-hybridized carbons (Fsp3) is 0.444. The Morgan fingerprint density at radius 1 is 1.25 bits per heavy atom. The van der Waals surface area contributed by atoms with E-state index >= 15 is 0 Å². The first-order valence-electron chi connectivity index (χ1n) is 8.55. The second-order valence-electron chi connectivity index (χ2n) is 7.37. The van der Waals surface area contributed by atoms with Crippen molar-refractivity contribution in [3.63, 3.8) is 0 Å². The second-order valence-corrected chi connectivity index (χ2v) is 7.37. The van der Waals surface area contributed by atoms with Crippen LogP contribution in [0.1, 0.15) is 36.5 Å². The van der Waals surface area contributed by atoms with Crippen LogP contribution < -0.4 is 5.32 Å². The third kappa shape index (κ3) is 2.83. The number of carbonyl (C=O) groups excluding carboxylic acids is 2. The first kappa shape index (κ1) is 18.5. The number of ether oxygens (including phenoxy) is 1. The van der Waals surface area contributed by atoms with Crippen LogP contribution >= 0.6 is 0 Å². The summed E-state index contributed by atoms with van der Waals surface area (Å²) in [6.07, 6.45) is -3.24. The monoisotopic (exact) mass is 395 g/mol. The van der Waals surface area contributed by atoms with Crippen LogP contribution in [-0.4, -0.2) is 29.1 Å². The third-order valence-electron chi connectivity index (χ3n) is 5.40. The molecule has 28 heavy (non-hydrogen) atoms. The van der Waals surface area contributed by atoms with E-state index in [1.54, 1.807) is 0 Å². The number of carbonyl (C=O) groups is 2. The van der Waals surface area contributed by atoms with E-state index < -0.39 is 23.1 Å². The minimum Gasteiger partial charge on any atom is -0.469 e. The molecule has 0 spiro atoms. The predicted octanol–water partition coefficient (Wildman–Crippen LogP) is 2.86. The van der Waals surface area contributed by atoms with Crippen molar-refractivity contribution in [1.82, 2.24) is 10.1 Å². The molecule has 0 saturated heterocycles. The van der Waals surface area contributed by atoms with Gasteiger partial charge in [0.05, 0.1) is 35.6 Å². The number of amides is 1. The Morgan fingerprint density at radius 2 is 1.93 bits per heavy atom. The topological polar surface area (TPSA) is 94.3 Å². The summed E-state index contributed by atoms with van der Waals surface area (Å²) in [5, 5.41) is 5.98. The summed E-state index contributed by atoms with van der Waals surface area (Å²) in [5.74, 6) is -0.518. The van der Waals surface area contributed by atoms with Crippen molar-refractivity contribution in [2.75, 3.05) is 12.4 Å². The Balaban J connectivity index is 1.40. The average molecular weight is 395 g/mol. The molecule has 10 heteroatoms. The van der Waals surface area contributed by atoms with E-state index in [2.05, 4.69) is 15.5 Å². The van der Waals surface area contributed by atoms with Gasteiger partial charge in [-0.15, -0.1) is 0 Å². The molecule has 3 saturated carbocycles. The Labute approximate surface area is 157 Å². The summed E-state index contributed by atoms with van der Waals surface area (Å²) >= 11 is 0. The van der Waals surface area contributed by atoms with Crippen LogP contribution in [0.3, 0.4) is 0 Å². The molecular formula is C18H16F3N3O4. The van der Waals surface area contributed by atoms with Gasteiger partial charge < -0.3 is 14.6 Å². The molecule has 3 fully saturated rings. The van der Waals surface area contributed by atoms with Crippen molar-refractivity contribution >= 4 is 17.6 Å². The normalized spacial score (nSPS) is 25.4. The number of rotatable bonds is 5. The van der Waals surface area contributed by atoms with Gasteiger partial charge in [0.1, 0.15) is 0 Å². The first-order chi connectivity index (χ1) is 13.2. The van der Waals surface area contributed by atoms with Crippen molar-refractivity contribution in [2.24, 2.45) is 5.41 Å². The Kier molecular flexibility index (Phi) is 3.98. The van der Waals surface area contributed by atoms with Crippen molar-refractivity contribution in [3.05, 3.63) is 41.5 Å². The quantitative estimate of drug-likeness (QED) is 0.783. The molecule has 1 aromatic carbocycles. The number of alkyl halides is 3. The lowest BCUT2D eigenvalue weighted by Gasteiger charge is -2.66. The van der Waals surface area contributed by atoms with Crippen LogP contribution in [0.5, 0.6) is 0 Å². The largest absolute Gasteiger partial charge is 0.469 e. The lowest BCUT2D eigenvalue weighted by molar-refractivity contribution is -0.202. The van der Waals surface area contributed by atoms with Crippen molar-refractivity contribution < 1.29 is 32.0 Å². The van der Waals surface area contributed by atoms with Crippen LogP contribution in [0.15, 0.2) is 28.8 Å². The van der Waals surface area contributed by atoms with Crippen molar-refractivity contribution in [1.29, 1.82) is 0 Å². The number of benzene rings is 1. The number of halogens is 3. The maximum Gasteiger partial charge on any atom is 0.418 e. The van der Waals surface area contributed by atoms with E-state index in [4.69, 9.17) is 9.26 Å². The summed E-state index contributed by atoms with van der Waals surface area (Å²) in [7, 11) is 1.34. The van der Waals surface area contributed by atoms with Crippen molar-refractivity contribution in [3.8, 4) is 0 Å². The van der Waals surface area contributed by atoms with Gasteiger partial charge in [-0.25, -0.2) is 0 Å². The molecule has 0 radical (unpaired) electrons. The van der Waals surface area contributed by atoms with Gasteiger partial charge in [0.15, 0.2) is 5.82 Å². The summed E-state index contributed by atoms with van der Waals surface area (Å²) in [5.41, 5.74) is -2.09. The average Bonchev–Trinajstić information content (AvgIpc) is 2.99. The number of aromatic nitrogens is 2. The zero-order valence-corrected chi connectivity index (χ0v) is 14.8. The van der Waals surface area contributed by atoms with Gasteiger partial charge in [-0.3, -0.25) is 9.59 Å². The number of para-hydroxylation sites is 1. The van der Waals surface area contributed by atoms with Crippen LogP contribution in [-0.2, 0) is 32.3 Å². The molecule has 1 N–H and O–H groups in total. The summed E-state index contributed by atoms with van der Waals surface area (Å²) in [6.45, 7) is 0. The summed E-state index contributed by atoms with van der Waals surface area (Å²) < 4.78 is 49.0. The molecule has 0 unspecified atom stereocenters. The van der Waals surface area contributed by atoms with Crippen molar-refractivity contribution in [2.45, 2.75) is 37.3 Å². The molecule has 2 bridgehead atoms. The third-order valence-corrected chi connectivity index (χ3v) is 5.40. The number of anilines is 1. The Bertz CT molecular complexity index is 934. The maximum atomic E-state index is 13.0. The van der Waals surface area contributed by atoms with Gasteiger partial charge in [-0.1, -0.05) is 17.3 Å². The molecule has 148 valence electrons. The van der Waals surface area contributed by atoms with Gasteiger partial charge in [0.2, 0.25) is 11.8 Å². The van der Waals surface area contributed by atoms with Gasteiger partial charge in [-0.2, -0.15) is 18.2 Å². The van der Waals surface area contributed by atoms with E-state index in [9.17, 15) is 22.8 Å². The molecule has 3 aliphatic carbocycles. The molecule has 1 heterocycles. The lowest BCUT2D eigenvalue weighted by atomic mass is 9.35. The van der Waals surface area contributed by atoms with E-state index in [0.717, 1.165) is 6.07 Å². The van der Waals surface area contributed by atoms with Gasteiger partial charge >= 0.3 is 12.1 Å². The number of esters is 1. The maximum absolute atomic E-state index is 13.0. The Hall–Kier alpha value is -2.91. The van der Waals surface area contributed by atoms with E-state index in [1.165, 1.54) is 25.3 Å². The number of nitrogens with one attached hydrogen (secondary N) is 1. The van der Waals surface area contributed by atoms with E-state index in [1.807, 2.05) is 0 Å². The fourth-order valence-electron chi connectivity index (χ4n) is 4.17. The number of hydrogen-bond donors (Lipinski definition) is 1. The van der Waals surface area contributed by atoms with E-state index in [-0.39, 0.29) is 29.3 Å². The number of nitrogens with zero attached hydrogens (tertiary/aromatic N) is 2. The minimum absolute atomic E-state index is 0.0776. The van der Waals surface area contributed by atoms with Gasteiger partial charge in [-0.05, 0) is 31.4 Å². The zero-order valence-electron chi connectivity index (χ0n) is 14.8. The fourth-order valence-corrected chi connectivity index (χ4v) is 4.17. The molecule has 0 atom stereocenters. The highest BCUT2D eigenvalue weighted by molar-refractivity contribution is 5.92. The summed E-state index contributed by atoms with van der Waals surface area (Å²) in [6, 6.07) is 4.71. The molecule has 3 aliphatic rings. The highest BCUT2D eigenvalue weighted by Crippen LogP contribution is 2.73. The first-order valence-corrected chi connectivity index (χ1v) is 8.55.